The average Bonchev–Trinajstić information content (AvgIpc) is 2.70. The van der Waals surface area contributed by atoms with Gasteiger partial charge >= 0.3 is 0 Å². The van der Waals surface area contributed by atoms with Crippen molar-refractivity contribution in [2.45, 2.75) is 25.7 Å². The largest absolute Gasteiger partial charge is 0.358 e. The topological polar surface area (TPSA) is 60.3 Å². The van der Waals surface area contributed by atoms with Gasteiger partial charge in [-0.3, -0.25) is 0 Å². The summed E-state index contributed by atoms with van der Waals surface area (Å²) in [5.74, 6) is -0.709. The summed E-state index contributed by atoms with van der Waals surface area (Å²) >= 11 is 0. The van der Waals surface area contributed by atoms with Gasteiger partial charge in [0.15, 0.2) is 5.79 Å². The summed E-state index contributed by atoms with van der Waals surface area (Å²) in [4.78, 5) is 3.37. The molecule has 0 unspecified atom stereocenters. The number of H-pyrrole nitrogens is 1. The fourth-order valence-electron chi connectivity index (χ4n) is 2.63. The van der Waals surface area contributed by atoms with Gasteiger partial charge in [-0.25, -0.2) is 0 Å². The first kappa shape index (κ1) is 11.7. The maximum absolute atomic E-state index is 5.84. The van der Waals surface area contributed by atoms with Crippen LogP contribution in [0.15, 0.2) is 24.3 Å². The molecule has 0 spiro atoms. The van der Waals surface area contributed by atoms with Crippen LogP contribution in [0.3, 0.4) is 0 Å². The van der Waals surface area contributed by atoms with E-state index in [4.69, 9.17) is 15.2 Å². The van der Waals surface area contributed by atoms with E-state index in [0.717, 1.165) is 22.2 Å². The zero-order chi connectivity index (χ0) is 12.8. The van der Waals surface area contributed by atoms with Crippen LogP contribution in [-0.4, -0.2) is 24.2 Å². The molecule has 1 fully saturated rings. The third-order valence-electron chi connectivity index (χ3n) is 3.49. The fraction of sp³-hybridized carbons (Fsp3) is 0.429. The first-order valence-electron chi connectivity index (χ1n) is 6.21. The van der Waals surface area contributed by atoms with E-state index in [1.54, 1.807) is 0 Å². The molecule has 0 saturated carbocycles. The Morgan fingerprint density at radius 2 is 1.94 bits per heavy atom. The van der Waals surface area contributed by atoms with E-state index < -0.39 is 5.79 Å². The number of hydrogen-bond donors (Lipinski definition) is 2. The molecular weight excluding hydrogens is 228 g/mol. The molecule has 3 N–H and O–H groups in total. The first-order chi connectivity index (χ1) is 8.60. The van der Waals surface area contributed by atoms with Gasteiger partial charge in [0.25, 0.3) is 0 Å². The first-order valence-corrected chi connectivity index (χ1v) is 6.21. The molecule has 4 nitrogen and oxygen atoms in total. The zero-order valence-electron chi connectivity index (χ0n) is 10.7. The van der Waals surface area contributed by atoms with Gasteiger partial charge in [-0.15, -0.1) is 0 Å². The molecule has 96 valence electrons. The molecule has 0 aliphatic carbocycles. The third-order valence-corrected chi connectivity index (χ3v) is 3.49. The molecule has 1 aromatic heterocycles. The zero-order valence-corrected chi connectivity index (χ0v) is 10.7. The number of para-hydroxylation sites is 1. The number of aromatic nitrogens is 1. The normalized spacial score (nSPS) is 28.7. The van der Waals surface area contributed by atoms with Crippen LogP contribution in [0.25, 0.3) is 10.9 Å². The Kier molecular flexibility index (Phi) is 2.66. The van der Waals surface area contributed by atoms with Gasteiger partial charge in [-0.05, 0) is 19.9 Å². The summed E-state index contributed by atoms with van der Waals surface area (Å²) < 4.78 is 11.7. The monoisotopic (exact) mass is 246 g/mol. The lowest BCUT2D eigenvalue weighted by atomic mass is 10.0. The Morgan fingerprint density at radius 1 is 1.28 bits per heavy atom. The number of nitrogens with two attached hydrogens (primary N) is 1. The molecule has 0 atom stereocenters. The summed E-state index contributed by atoms with van der Waals surface area (Å²) in [6.45, 7) is 5.05. The Balaban J connectivity index is 2.11. The van der Waals surface area contributed by atoms with E-state index in [9.17, 15) is 0 Å². The number of aromatic amines is 1. The Hall–Kier alpha value is -1.36. The highest BCUT2D eigenvalue weighted by atomic mass is 16.7. The smallest absolute Gasteiger partial charge is 0.194 e. The number of fused-ring (bicyclic) bond motifs is 1. The van der Waals surface area contributed by atoms with E-state index in [2.05, 4.69) is 17.1 Å². The van der Waals surface area contributed by atoms with Crippen molar-refractivity contribution < 1.29 is 9.47 Å². The molecule has 3 rings (SSSR count). The van der Waals surface area contributed by atoms with Crippen molar-refractivity contribution in [1.82, 2.24) is 4.98 Å². The number of benzene rings is 1. The number of aryl methyl sites for hydroxylation is 1. The van der Waals surface area contributed by atoms with Gasteiger partial charge in [-0.1, -0.05) is 18.2 Å². The number of nitrogens with one attached hydrogen (secondary N) is 1. The summed E-state index contributed by atoms with van der Waals surface area (Å²) in [7, 11) is 0. The predicted octanol–water partition coefficient (Wildman–Crippen LogP) is 2.02. The van der Waals surface area contributed by atoms with Crippen LogP contribution in [0.4, 0.5) is 0 Å². The Labute approximate surface area is 106 Å². The fourth-order valence-corrected chi connectivity index (χ4v) is 2.63. The van der Waals surface area contributed by atoms with E-state index in [1.807, 2.05) is 26.0 Å². The number of rotatable bonds is 1. The summed E-state index contributed by atoms with van der Waals surface area (Å²) in [6, 6.07) is 8.15. The van der Waals surface area contributed by atoms with Crippen LogP contribution in [0.1, 0.15) is 18.2 Å². The molecule has 1 saturated heterocycles. The molecule has 4 heteroatoms. The molecule has 1 aliphatic rings. The van der Waals surface area contributed by atoms with Crippen LogP contribution in [-0.2, 0) is 15.3 Å². The SMILES string of the molecule is Cc1[nH]c2ccccc2c1C1(C)OCC(N)CO1. The summed E-state index contributed by atoms with van der Waals surface area (Å²) in [6.07, 6.45) is 0. The molecule has 2 aromatic rings. The summed E-state index contributed by atoms with van der Waals surface area (Å²) in [5, 5.41) is 1.15. The second kappa shape index (κ2) is 4.09. The van der Waals surface area contributed by atoms with Gasteiger partial charge in [0.1, 0.15) is 0 Å². The lowest BCUT2D eigenvalue weighted by molar-refractivity contribution is -0.269. The maximum atomic E-state index is 5.84. The van der Waals surface area contributed by atoms with Crippen LogP contribution in [0.2, 0.25) is 0 Å². The van der Waals surface area contributed by atoms with Crippen molar-refractivity contribution in [3.05, 3.63) is 35.5 Å². The minimum absolute atomic E-state index is 0.0383. The van der Waals surface area contributed by atoms with Gasteiger partial charge in [0, 0.05) is 22.2 Å². The van der Waals surface area contributed by atoms with Crippen molar-refractivity contribution >= 4 is 10.9 Å². The Bertz CT molecular complexity index is 568. The maximum Gasteiger partial charge on any atom is 0.194 e. The highest BCUT2D eigenvalue weighted by Gasteiger charge is 2.37. The van der Waals surface area contributed by atoms with Crippen molar-refractivity contribution in [2.75, 3.05) is 13.2 Å². The molecule has 18 heavy (non-hydrogen) atoms. The van der Waals surface area contributed by atoms with Crippen LogP contribution in [0.5, 0.6) is 0 Å². The quantitative estimate of drug-likeness (QED) is 0.809. The van der Waals surface area contributed by atoms with Crippen LogP contribution >= 0.6 is 0 Å². The van der Waals surface area contributed by atoms with Crippen molar-refractivity contribution in [1.29, 1.82) is 0 Å². The van der Waals surface area contributed by atoms with E-state index in [0.29, 0.717) is 13.2 Å². The molecule has 1 aromatic carbocycles. The molecule has 1 aliphatic heterocycles. The molecule has 2 heterocycles. The molecular formula is C14H18N2O2. The minimum atomic E-state index is -0.709. The average molecular weight is 246 g/mol. The van der Waals surface area contributed by atoms with Crippen molar-refractivity contribution in [3.63, 3.8) is 0 Å². The second-order valence-electron chi connectivity index (χ2n) is 5.00. The lowest BCUT2D eigenvalue weighted by Gasteiger charge is -2.37. The number of hydrogen-bond acceptors (Lipinski definition) is 3. The van der Waals surface area contributed by atoms with Gasteiger partial charge in [0.05, 0.1) is 19.3 Å². The highest BCUT2D eigenvalue weighted by Crippen LogP contribution is 2.37. The van der Waals surface area contributed by atoms with Crippen molar-refractivity contribution in [3.8, 4) is 0 Å². The lowest BCUT2D eigenvalue weighted by Crippen LogP contribution is -2.46. The highest BCUT2D eigenvalue weighted by molar-refractivity contribution is 5.85. The molecule has 0 amide bonds. The van der Waals surface area contributed by atoms with Crippen LogP contribution < -0.4 is 5.73 Å². The Morgan fingerprint density at radius 3 is 2.67 bits per heavy atom. The number of ether oxygens (including phenoxy) is 2. The van der Waals surface area contributed by atoms with E-state index >= 15 is 0 Å². The van der Waals surface area contributed by atoms with Gasteiger partial charge in [-0.2, -0.15) is 0 Å². The standard InChI is InChI=1S/C14H18N2O2/c1-9-13(11-5-3-4-6-12(11)16-9)14(2)17-7-10(15)8-18-14/h3-6,10,16H,7-8,15H2,1-2H3. The predicted molar refractivity (Wildman–Crippen MR) is 70.3 cm³/mol. The van der Waals surface area contributed by atoms with E-state index in [1.165, 1.54) is 0 Å². The molecule has 0 radical (unpaired) electrons. The van der Waals surface area contributed by atoms with Crippen LogP contribution in [0, 0.1) is 6.92 Å². The van der Waals surface area contributed by atoms with Crippen molar-refractivity contribution in [2.24, 2.45) is 5.73 Å². The van der Waals surface area contributed by atoms with Gasteiger partial charge in [0.2, 0.25) is 0 Å². The second-order valence-corrected chi connectivity index (χ2v) is 5.00. The van der Waals surface area contributed by atoms with Gasteiger partial charge < -0.3 is 20.2 Å². The van der Waals surface area contributed by atoms with E-state index in [-0.39, 0.29) is 6.04 Å². The third kappa shape index (κ3) is 1.73. The minimum Gasteiger partial charge on any atom is -0.358 e. The summed E-state index contributed by atoms with van der Waals surface area (Å²) in [5.41, 5.74) is 9.06. The molecule has 0 bridgehead atoms.